The third-order valence-corrected chi connectivity index (χ3v) is 3.09. The summed E-state index contributed by atoms with van der Waals surface area (Å²) in [7, 11) is 0. The van der Waals surface area contributed by atoms with Crippen molar-refractivity contribution in [1.82, 2.24) is 0 Å². The summed E-state index contributed by atoms with van der Waals surface area (Å²) in [6.45, 7) is 8.38. The Kier molecular flexibility index (Phi) is 3.30. The van der Waals surface area contributed by atoms with Crippen LogP contribution in [0.5, 0.6) is 0 Å². The van der Waals surface area contributed by atoms with Crippen LogP contribution < -0.4 is 0 Å². The van der Waals surface area contributed by atoms with Gasteiger partial charge in [0.05, 0.1) is 0 Å². The molecule has 0 aromatic heterocycles. The van der Waals surface area contributed by atoms with E-state index in [9.17, 15) is 4.79 Å². The van der Waals surface area contributed by atoms with E-state index < -0.39 is 0 Å². The van der Waals surface area contributed by atoms with Gasteiger partial charge in [-0.25, -0.2) is 0 Å². The SMILES string of the molecule is C/C=C/C(=O)[C@@H]1[C@@H](C)C=CCC1(C)C. The molecule has 0 aromatic carbocycles. The maximum atomic E-state index is 11.9. The smallest absolute Gasteiger partial charge is 0.159 e. The predicted molar refractivity (Wildman–Crippen MR) is 60.0 cm³/mol. The highest BCUT2D eigenvalue weighted by molar-refractivity contribution is 5.92. The lowest BCUT2D eigenvalue weighted by molar-refractivity contribution is -0.123. The molecule has 0 amide bonds. The molecule has 78 valence electrons. The quantitative estimate of drug-likeness (QED) is 0.484. The van der Waals surface area contributed by atoms with E-state index in [4.69, 9.17) is 0 Å². The lowest BCUT2D eigenvalue weighted by Gasteiger charge is -2.38. The first-order chi connectivity index (χ1) is 6.49. The second-order valence-corrected chi connectivity index (χ2v) is 4.86. The molecule has 0 radical (unpaired) electrons. The Hall–Kier alpha value is -0.850. The Morgan fingerprint density at radius 1 is 1.50 bits per heavy atom. The van der Waals surface area contributed by atoms with E-state index in [0.29, 0.717) is 5.92 Å². The molecule has 1 aliphatic rings. The van der Waals surface area contributed by atoms with Crippen LogP contribution in [0.25, 0.3) is 0 Å². The third-order valence-electron chi connectivity index (χ3n) is 3.09. The molecule has 0 N–H and O–H groups in total. The van der Waals surface area contributed by atoms with Gasteiger partial charge in [0.1, 0.15) is 0 Å². The highest BCUT2D eigenvalue weighted by atomic mass is 16.1. The second-order valence-electron chi connectivity index (χ2n) is 4.86. The summed E-state index contributed by atoms with van der Waals surface area (Å²) in [5.41, 5.74) is 0.102. The zero-order chi connectivity index (χ0) is 10.8. The Balaban J connectivity index is 2.93. The number of carbonyl (C=O) groups excluding carboxylic acids is 1. The molecule has 0 aromatic rings. The van der Waals surface area contributed by atoms with Crippen LogP contribution >= 0.6 is 0 Å². The molecule has 0 spiro atoms. The molecule has 1 rings (SSSR count). The molecule has 1 heteroatoms. The van der Waals surface area contributed by atoms with Crippen molar-refractivity contribution in [2.45, 2.75) is 34.1 Å². The minimum atomic E-state index is 0.102. The van der Waals surface area contributed by atoms with Gasteiger partial charge in [-0.2, -0.15) is 0 Å². The molecule has 14 heavy (non-hydrogen) atoms. The van der Waals surface area contributed by atoms with Crippen molar-refractivity contribution in [3.05, 3.63) is 24.3 Å². The van der Waals surface area contributed by atoms with Crippen LogP contribution in [0.2, 0.25) is 0 Å². The topological polar surface area (TPSA) is 17.1 Å². The molecule has 0 saturated heterocycles. The third kappa shape index (κ3) is 2.14. The van der Waals surface area contributed by atoms with E-state index in [1.165, 1.54) is 0 Å². The van der Waals surface area contributed by atoms with Gasteiger partial charge in [0.25, 0.3) is 0 Å². The maximum absolute atomic E-state index is 11.9. The standard InChI is InChI=1S/C13H20O/c1-5-7-11(14)12-10(2)8-6-9-13(12,3)4/h5-8,10,12H,9H2,1-4H3/b7-5+/t10-,12-/m0/s1. The Bertz CT molecular complexity index is 271. The minimum absolute atomic E-state index is 0.102. The number of allylic oxidation sites excluding steroid dienone is 4. The van der Waals surface area contributed by atoms with E-state index >= 15 is 0 Å². The van der Waals surface area contributed by atoms with Crippen LogP contribution in [0.1, 0.15) is 34.1 Å². The molecule has 0 saturated carbocycles. The van der Waals surface area contributed by atoms with Crippen LogP contribution in [0, 0.1) is 17.3 Å². The summed E-state index contributed by atoms with van der Waals surface area (Å²) in [5.74, 6) is 0.778. The largest absolute Gasteiger partial charge is 0.295 e. The van der Waals surface area contributed by atoms with Gasteiger partial charge in [0.15, 0.2) is 5.78 Å². The van der Waals surface area contributed by atoms with E-state index in [1.807, 2.05) is 13.0 Å². The Labute approximate surface area is 86.9 Å². The van der Waals surface area contributed by atoms with Gasteiger partial charge in [0, 0.05) is 5.92 Å². The van der Waals surface area contributed by atoms with E-state index in [0.717, 1.165) is 6.42 Å². The van der Waals surface area contributed by atoms with Gasteiger partial charge < -0.3 is 0 Å². The van der Waals surface area contributed by atoms with Gasteiger partial charge in [0.2, 0.25) is 0 Å². The number of hydrogen-bond donors (Lipinski definition) is 0. The highest BCUT2D eigenvalue weighted by Gasteiger charge is 2.38. The van der Waals surface area contributed by atoms with Crippen LogP contribution in [-0.4, -0.2) is 5.78 Å². The Morgan fingerprint density at radius 3 is 2.64 bits per heavy atom. The number of rotatable bonds is 2. The van der Waals surface area contributed by atoms with Gasteiger partial charge in [-0.1, -0.05) is 39.0 Å². The first kappa shape index (κ1) is 11.2. The molecular weight excluding hydrogens is 172 g/mol. The molecule has 1 nitrogen and oxygen atoms in total. The van der Waals surface area contributed by atoms with Gasteiger partial charge in [-0.05, 0) is 30.8 Å². The first-order valence-electron chi connectivity index (χ1n) is 5.32. The molecular formula is C13H20O. The van der Waals surface area contributed by atoms with Crippen molar-refractivity contribution in [3.63, 3.8) is 0 Å². The number of ketones is 1. The van der Waals surface area contributed by atoms with E-state index in [-0.39, 0.29) is 17.1 Å². The fourth-order valence-corrected chi connectivity index (χ4v) is 2.45. The van der Waals surface area contributed by atoms with Crippen LogP contribution in [0.4, 0.5) is 0 Å². The first-order valence-corrected chi connectivity index (χ1v) is 5.32. The fourth-order valence-electron chi connectivity index (χ4n) is 2.45. The van der Waals surface area contributed by atoms with Crippen molar-refractivity contribution < 1.29 is 4.79 Å². The fraction of sp³-hybridized carbons (Fsp3) is 0.615. The van der Waals surface area contributed by atoms with Crippen LogP contribution in [0.3, 0.4) is 0 Å². The van der Waals surface area contributed by atoms with Crippen LogP contribution in [-0.2, 0) is 4.79 Å². The summed E-state index contributed by atoms with van der Waals surface area (Å²) < 4.78 is 0. The molecule has 0 unspecified atom stereocenters. The van der Waals surface area contributed by atoms with Crippen molar-refractivity contribution in [3.8, 4) is 0 Å². The van der Waals surface area contributed by atoms with Crippen molar-refractivity contribution in [2.24, 2.45) is 17.3 Å². The summed E-state index contributed by atoms with van der Waals surface area (Å²) in [6, 6.07) is 0. The lowest BCUT2D eigenvalue weighted by Crippen LogP contribution is -2.36. The zero-order valence-corrected chi connectivity index (χ0v) is 9.58. The lowest BCUT2D eigenvalue weighted by atomic mass is 9.65. The minimum Gasteiger partial charge on any atom is -0.295 e. The number of carbonyl (C=O) groups is 1. The molecule has 2 atom stereocenters. The van der Waals surface area contributed by atoms with Gasteiger partial charge in [-0.3, -0.25) is 4.79 Å². The van der Waals surface area contributed by atoms with Gasteiger partial charge in [-0.15, -0.1) is 0 Å². The zero-order valence-electron chi connectivity index (χ0n) is 9.58. The van der Waals surface area contributed by atoms with E-state index in [1.54, 1.807) is 6.08 Å². The van der Waals surface area contributed by atoms with Crippen molar-refractivity contribution >= 4 is 5.78 Å². The Morgan fingerprint density at radius 2 is 2.14 bits per heavy atom. The summed E-state index contributed by atoms with van der Waals surface area (Å²) in [5, 5.41) is 0. The summed E-state index contributed by atoms with van der Waals surface area (Å²) in [4.78, 5) is 11.9. The average molecular weight is 192 g/mol. The van der Waals surface area contributed by atoms with Crippen LogP contribution in [0.15, 0.2) is 24.3 Å². The summed E-state index contributed by atoms with van der Waals surface area (Å²) in [6.07, 6.45) is 8.91. The average Bonchev–Trinajstić information content (AvgIpc) is 2.02. The molecule has 0 fully saturated rings. The van der Waals surface area contributed by atoms with E-state index in [2.05, 4.69) is 32.9 Å². The monoisotopic (exact) mass is 192 g/mol. The van der Waals surface area contributed by atoms with Crippen molar-refractivity contribution in [1.29, 1.82) is 0 Å². The normalized spacial score (nSPS) is 30.9. The summed E-state index contributed by atoms with van der Waals surface area (Å²) >= 11 is 0. The molecule has 1 aliphatic carbocycles. The second kappa shape index (κ2) is 4.12. The van der Waals surface area contributed by atoms with Gasteiger partial charge >= 0.3 is 0 Å². The predicted octanol–water partition coefficient (Wildman–Crippen LogP) is 3.37. The number of hydrogen-bond acceptors (Lipinski definition) is 1. The van der Waals surface area contributed by atoms with Crippen molar-refractivity contribution in [2.75, 3.05) is 0 Å². The highest BCUT2D eigenvalue weighted by Crippen LogP contribution is 2.41. The molecule has 0 heterocycles. The maximum Gasteiger partial charge on any atom is 0.159 e. The molecule has 0 aliphatic heterocycles. The molecule has 0 bridgehead atoms.